The number of amides is 1. The van der Waals surface area contributed by atoms with Gasteiger partial charge in [0.1, 0.15) is 11.6 Å². The van der Waals surface area contributed by atoms with Crippen LogP contribution in [0.3, 0.4) is 0 Å². The second-order valence-electron chi connectivity index (χ2n) is 7.89. The van der Waals surface area contributed by atoms with Gasteiger partial charge >= 0.3 is 0 Å². The first-order chi connectivity index (χ1) is 15.3. The van der Waals surface area contributed by atoms with Crippen molar-refractivity contribution in [2.75, 3.05) is 11.1 Å². The van der Waals surface area contributed by atoms with E-state index in [1.54, 1.807) is 12.3 Å². The van der Waals surface area contributed by atoms with Crippen LogP contribution in [0, 0.1) is 11.6 Å². The van der Waals surface area contributed by atoms with Gasteiger partial charge in [0.15, 0.2) is 5.69 Å². The lowest BCUT2D eigenvalue weighted by Crippen LogP contribution is -2.39. The molecule has 3 unspecified atom stereocenters. The molecule has 1 aliphatic rings. The quantitative estimate of drug-likeness (QED) is 0.494. The van der Waals surface area contributed by atoms with Crippen molar-refractivity contribution >= 4 is 17.3 Å². The number of anilines is 2. The number of benzene rings is 1. The molecular formula is C23H23F2N5O2. The first kappa shape index (κ1) is 21.8. The number of nitrogens with two attached hydrogens (primary N) is 2. The summed E-state index contributed by atoms with van der Waals surface area (Å²) >= 11 is 0. The third kappa shape index (κ3) is 4.30. The molecule has 9 heteroatoms. The average molecular weight is 439 g/mol. The zero-order valence-electron chi connectivity index (χ0n) is 17.1. The van der Waals surface area contributed by atoms with Crippen molar-refractivity contribution < 1.29 is 18.7 Å². The van der Waals surface area contributed by atoms with Crippen LogP contribution in [0.4, 0.5) is 20.2 Å². The summed E-state index contributed by atoms with van der Waals surface area (Å²) in [7, 11) is 0. The van der Waals surface area contributed by atoms with Gasteiger partial charge in [0, 0.05) is 12.2 Å². The number of carbonyl (C=O) groups excluding carboxylic acids is 1. The molecule has 0 radical (unpaired) electrons. The molecule has 1 amide bonds. The number of rotatable bonds is 4. The van der Waals surface area contributed by atoms with Crippen molar-refractivity contribution in [1.82, 2.24) is 9.97 Å². The molecule has 3 aromatic rings. The van der Waals surface area contributed by atoms with Crippen molar-refractivity contribution in [2.45, 2.75) is 37.3 Å². The Morgan fingerprint density at radius 2 is 1.88 bits per heavy atom. The van der Waals surface area contributed by atoms with Gasteiger partial charge in [0.25, 0.3) is 5.91 Å². The van der Waals surface area contributed by atoms with Crippen LogP contribution >= 0.6 is 0 Å². The Balaban J connectivity index is 1.63. The lowest BCUT2D eigenvalue weighted by molar-refractivity contribution is 0.0998. The lowest BCUT2D eigenvalue weighted by Gasteiger charge is -2.32. The van der Waals surface area contributed by atoms with Crippen LogP contribution in [-0.4, -0.2) is 33.1 Å². The summed E-state index contributed by atoms with van der Waals surface area (Å²) in [5.74, 6) is -2.18. The second kappa shape index (κ2) is 8.97. The number of hydrogen-bond acceptors (Lipinski definition) is 6. The van der Waals surface area contributed by atoms with E-state index in [-0.39, 0.29) is 34.6 Å². The van der Waals surface area contributed by atoms with Gasteiger partial charge in [0.05, 0.1) is 34.9 Å². The molecule has 0 saturated heterocycles. The Kier molecular flexibility index (Phi) is 6.11. The predicted molar refractivity (Wildman–Crippen MR) is 117 cm³/mol. The molecule has 4 rings (SSSR count). The highest BCUT2D eigenvalue weighted by Gasteiger charge is 2.29. The fourth-order valence-electron chi connectivity index (χ4n) is 4.05. The Hall–Kier alpha value is -3.43. The molecule has 0 aliphatic heterocycles. The number of carbonyl (C=O) groups is 1. The summed E-state index contributed by atoms with van der Waals surface area (Å²) in [5.41, 5.74) is 12.8. The fourth-order valence-corrected chi connectivity index (χ4v) is 4.05. The summed E-state index contributed by atoms with van der Waals surface area (Å²) < 4.78 is 28.4. The molecule has 32 heavy (non-hydrogen) atoms. The number of aliphatic hydroxyl groups is 1. The summed E-state index contributed by atoms with van der Waals surface area (Å²) in [6.07, 6.45) is 4.43. The van der Waals surface area contributed by atoms with E-state index in [9.17, 15) is 18.7 Å². The maximum absolute atomic E-state index is 14.2. The van der Waals surface area contributed by atoms with E-state index in [0.29, 0.717) is 24.9 Å². The Morgan fingerprint density at radius 1 is 1.12 bits per heavy atom. The molecule has 166 valence electrons. The monoisotopic (exact) mass is 439 g/mol. The maximum atomic E-state index is 14.2. The standard InChI is InChI=1S/C23H23F2N5O2/c24-14-2-1-3-15(25)21(14)18-6-5-16(26)22(29-18)23(32)30-19-11-28-9-8-13(19)12-4-7-20(31)17(27)10-12/h1-3,5-6,8-9,11-12,17,20,31H,4,7,10,26-27H2,(H,30,32). The molecule has 1 saturated carbocycles. The number of nitrogens with zero attached hydrogens (tertiary/aromatic N) is 2. The number of aromatic nitrogens is 2. The van der Waals surface area contributed by atoms with Crippen molar-refractivity contribution in [3.63, 3.8) is 0 Å². The van der Waals surface area contributed by atoms with E-state index in [1.807, 2.05) is 0 Å². The van der Waals surface area contributed by atoms with Gasteiger partial charge in [-0.15, -0.1) is 0 Å². The minimum absolute atomic E-state index is 0.0378. The van der Waals surface area contributed by atoms with Crippen molar-refractivity contribution in [1.29, 1.82) is 0 Å². The summed E-state index contributed by atoms with van der Waals surface area (Å²) in [4.78, 5) is 21.2. The normalized spacial score (nSPS) is 20.7. The van der Waals surface area contributed by atoms with Crippen LogP contribution in [0.1, 0.15) is 41.2 Å². The Morgan fingerprint density at radius 3 is 2.59 bits per heavy atom. The Bertz CT molecular complexity index is 1140. The van der Waals surface area contributed by atoms with Crippen LogP contribution in [0.5, 0.6) is 0 Å². The summed E-state index contributed by atoms with van der Waals surface area (Å²) in [6.45, 7) is 0. The molecule has 7 nitrogen and oxygen atoms in total. The van der Waals surface area contributed by atoms with Crippen molar-refractivity contribution in [3.05, 3.63) is 71.7 Å². The lowest BCUT2D eigenvalue weighted by atomic mass is 9.80. The second-order valence-corrected chi connectivity index (χ2v) is 7.89. The van der Waals surface area contributed by atoms with Crippen molar-refractivity contribution in [2.24, 2.45) is 5.73 Å². The smallest absolute Gasteiger partial charge is 0.276 e. The Labute approximate surface area is 183 Å². The van der Waals surface area contributed by atoms with Gasteiger partial charge in [-0.3, -0.25) is 9.78 Å². The van der Waals surface area contributed by atoms with Crippen LogP contribution in [0.25, 0.3) is 11.3 Å². The number of hydrogen-bond donors (Lipinski definition) is 4. The van der Waals surface area contributed by atoms with Crippen LogP contribution in [0.2, 0.25) is 0 Å². The third-order valence-corrected chi connectivity index (χ3v) is 5.77. The third-order valence-electron chi connectivity index (χ3n) is 5.77. The van der Waals surface area contributed by atoms with E-state index < -0.39 is 23.6 Å². The molecule has 0 bridgehead atoms. The van der Waals surface area contributed by atoms with E-state index in [1.165, 1.54) is 24.4 Å². The SMILES string of the molecule is Nc1ccc(-c2c(F)cccc2F)nc1C(=O)Nc1cnccc1C1CCC(O)C(N)C1. The van der Waals surface area contributed by atoms with Crippen LogP contribution < -0.4 is 16.8 Å². The van der Waals surface area contributed by atoms with Crippen LogP contribution in [-0.2, 0) is 0 Å². The van der Waals surface area contributed by atoms with E-state index in [2.05, 4.69) is 15.3 Å². The molecule has 6 N–H and O–H groups in total. The van der Waals surface area contributed by atoms with Crippen molar-refractivity contribution in [3.8, 4) is 11.3 Å². The molecule has 1 fully saturated rings. The topological polar surface area (TPSA) is 127 Å². The molecule has 2 aromatic heterocycles. The number of nitrogen functional groups attached to an aromatic ring is 1. The van der Waals surface area contributed by atoms with Gasteiger partial charge in [-0.2, -0.15) is 0 Å². The van der Waals surface area contributed by atoms with E-state index in [0.717, 1.165) is 17.7 Å². The molecule has 1 aromatic carbocycles. The first-order valence-corrected chi connectivity index (χ1v) is 10.2. The number of nitrogens with one attached hydrogen (secondary N) is 1. The van der Waals surface area contributed by atoms with Gasteiger partial charge in [0.2, 0.25) is 0 Å². The molecule has 1 aliphatic carbocycles. The molecule has 0 spiro atoms. The van der Waals surface area contributed by atoms with E-state index in [4.69, 9.17) is 11.5 Å². The average Bonchev–Trinajstić information content (AvgIpc) is 2.77. The number of pyridine rings is 2. The number of aliphatic hydroxyl groups excluding tert-OH is 1. The minimum atomic E-state index is -0.793. The highest BCUT2D eigenvalue weighted by molar-refractivity contribution is 6.06. The number of halogens is 2. The van der Waals surface area contributed by atoms with Gasteiger partial charge < -0.3 is 21.9 Å². The predicted octanol–water partition coefficient (Wildman–Crippen LogP) is 3.21. The van der Waals surface area contributed by atoms with Crippen LogP contribution in [0.15, 0.2) is 48.8 Å². The van der Waals surface area contributed by atoms with E-state index >= 15 is 0 Å². The first-order valence-electron chi connectivity index (χ1n) is 10.2. The van der Waals surface area contributed by atoms with Gasteiger partial charge in [-0.25, -0.2) is 13.8 Å². The summed E-state index contributed by atoms with van der Waals surface area (Å²) in [5, 5.41) is 12.7. The molecule has 2 heterocycles. The molecular weight excluding hydrogens is 416 g/mol. The maximum Gasteiger partial charge on any atom is 0.276 e. The zero-order valence-corrected chi connectivity index (χ0v) is 17.1. The summed E-state index contributed by atoms with van der Waals surface area (Å²) in [6, 6.07) is 7.67. The fraction of sp³-hybridized carbons (Fsp3) is 0.261. The zero-order chi connectivity index (χ0) is 22.8. The largest absolute Gasteiger partial charge is 0.397 e. The highest BCUT2D eigenvalue weighted by Crippen LogP contribution is 2.36. The minimum Gasteiger partial charge on any atom is -0.397 e. The molecule has 3 atom stereocenters. The van der Waals surface area contributed by atoms with Gasteiger partial charge in [-0.05, 0) is 61.1 Å². The van der Waals surface area contributed by atoms with Gasteiger partial charge in [-0.1, -0.05) is 6.07 Å². The highest BCUT2D eigenvalue weighted by atomic mass is 19.1.